The highest BCUT2D eigenvalue weighted by atomic mass is 19.1. The van der Waals surface area contributed by atoms with Crippen molar-refractivity contribution in [1.29, 1.82) is 0 Å². The molecular weight excluding hydrogens is 309 g/mol. The summed E-state index contributed by atoms with van der Waals surface area (Å²) in [5.41, 5.74) is 0.744. The van der Waals surface area contributed by atoms with E-state index >= 15 is 0 Å². The lowest BCUT2D eigenvalue weighted by atomic mass is 9.88. The van der Waals surface area contributed by atoms with Crippen LogP contribution in [0.1, 0.15) is 12.5 Å². The largest absolute Gasteiger partial charge is 0.439 e. The predicted molar refractivity (Wildman–Crippen MR) is 88.1 cm³/mol. The monoisotopic (exact) mass is 329 g/mol. The van der Waals surface area contributed by atoms with E-state index in [1.165, 1.54) is 12.1 Å². The minimum absolute atomic E-state index is 0.0158. The van der Waals surface area contributed by atoms with Gasteiger partial charge in [0.1, 0.15) is 11.6 Å². The van der Waals surface area contributed by atoms with E-state index in [1.54, 1.807) is 24.4 Å². The molecule has 1 atom stereocenters. The fourth-order valence-corrected chi connectivity index (χ4v) is 2.51. The standard InChI is InChI=1S/C18H20FN3O2/c1-12(14-9-20-10-14)17(23)22-11-13-4-3-7-21-18(13)24-16-6-2-5-15(19)8-16/h2-8,12,14,20H,9-11H2,1H3,(H,22,23). The van der Waals surface area contributed by atoms with E-state index in [-0.39, 0.29) is 17.6 Å². The third-order valence-corrected chi connectivity index (χ3v) is 4.25. The van der Waals surface area contributed by atoms with Crippen molar-refractivity contribution in [1.82, 2.24) is 15.6 Å². The Morgan fingerprint density at radius 3 is 2.96 bits per heavy atom. The summed E-state index contributed by atoms with van der Waals surface area (Å²) in [5, 5.41) is 6.10. The highest BCUT2D eigenvalue weighted by Gasteiger charge is 2.28. The van der Waals surface area contributed by atoms with Gasteiger partial charge in [-0.05, 0) is 37.2 Å². The average Bonchev–Trinajstić information content (AvgIpc) is 2.52. The normalized spacial score (nSPS) is 15.4. The molecule has 1 saturated heterocycles. The van der Waals surface area contributed by atoms with Crippen LogP contribution in [-0.2, 0) is 11.3 Å². The summed E-state index contributed by atoms with van der Waals surface area (Å²) in [4.78, 5) is 16.4. The molecule has 0 bridgehead atoms. The van der Waals surface area contributed by atoms with E-state index < -0.39 is 0 Å². The molecule has 0 radical (unpaired) electrons. The van der Waals surface area contributed by atoms with Gasteiger partial charge in [-0.25, -0.2) is 9.37 Å². The number of pyridine rings is 1. The fraction of sp³-hybridized carbons (Fsp3) is 0.333. The quantitative estimate of drug-likeness (QED) is 0.855. The molecule has 6 heteroatoms. The lowest BCUT2D eigenvalue weighted by molar-refractivity contribution is -0.126. The zero-order valence-corrected chi connectivity index (χ0v) is 13.5. The maximum Gasteiger partial charge on any atom is 0.224 e. The molecule has 0 aliphatic carbocycles. The summed E-state index contributed by atoms with van der Waals surface area (Å²) in [6, 6.07) is 9.48. The Kier molecular flexibility index (Phi) is 5.05. The number of ether oxygens (including phenoxy) is 1. The number of hydrogen-bond donors (Lipinski definition) is 2. The molecule has 126 valence electrons. The first kappa shape index (κ1) is 16.4. The van der Waals surface area contributed by atoms with E-state index in [4.69, 9.17) is 4.74 Å². The third kappa shape index (κ3) is 3.89. The molecule has 5 nitrogen and oxygen atoms in total. The van der Waals surface area contributed by atoms with Gasteiger partial charge in [-0.15, -0.1) is 0 Å². The minimum atomic E-state index is -0.374. The van der Waals surface area contributed by atoms with Gasteiger partial charge < -0.3 is 15.4 Å². The van der Waals surface area contributed by atoms with Crippen LogP contribution in [0.3, 0.4) is 0 Å². The Hall–Kier alpha value is -2.47. The number of rotatable bonds is 6. The zero-order chi connectivity index (χ0) is 16.9. The second-order valence-electron chi connectivity index (χ2n) is 5.95. The van der Waals surface area contributed by atoms with Crippen molar-refractivity contribution in [2.45, 2.75) is 13.5 Å². The second-order valence-corrected chi connectivity index (χ2v) is 5.95. The molecule has 1 aliphatic heterocycles. The first-order valence-electron chi connectivity index (χ1n) is 7.99. The van der Waals surface area contributed by atoms with Crippen molar-refractivity contribution in [2.24, 2.45) is 11.8 Å². The van der Waals surface area contributed by atoms with Crippen molar-refractivity contribution in [3.05, 3.63) is 54.0 Å². The lowest BCUT2D eigenvalue weighted by Crippen LogP contribution is -2.49. The second kappa shape index (κ2) is 7.40. The van der Waals surface area contributed by atoms with Gasteiger partial charge in [-0.2, -0.15) is 0 Å². The average molecular weight is 329 g/mol. The molecule has 1 unspecified atom stereocenters. The zero-order valence-electron chi connectivity index (χ0n) is 13.5. The van der Waals surface area contributed by atoms with E-state index in [0.717, 1.165) is 18.7 Å². The van der Waals surface area contributed by atoms with Crippen LogP contribution >= 0.6 is 0 Å². The first-order valence-corrected chi connectivity index (χ1v) is 7.99. The molecular formula is C18H20FN3O2. The van der Waals surface area contributed by atoms with Crippen molar-refractivity contribution in [3.63, 3.8) is 0 Å². The molecule has 1 amide bonds. The smallest absolute Gasteiger partial charge is 0.224 e. The van der Waals surface area contributed by atoms with Gasteiger partial charge in [0.05, 0.1) is 0 Å². The Labute approximate surface area is 140 Å². The number of aromatic nitrogens is 1. The van der Waals surface area contributed by atoms with Gasteiger partial charge in [-0.3, -0.25) is 4.79 Å². The van der Waals surface area contributed by atoms with Gasteiger partial charge in [0.25, 0.3) is 0 Å². The van der Waals surface area contributed by atoms with Crippen LogP contribution in [0.25, 0.3) is 0 Å². The number of nitrogens with one attached hydrogen (secondary N) is 2. The number of halogens is 1. The van der Waals surface area contributed by atoms with Gasteiger partial charge in [0.2, 0.25) is 11.8 Å². The number of amides is 1. The molecule has 1 fully saturated rings. The number of carbonyl (C=O) groups is 1. The Morgan fingerprint density at radius 2 is 2.25 bits per heavy atom. The first-order chi connectivity index (χ1) is 11.6. The summed E-state index contributed by atoms with van der Waals surface area (Å²) in [7, 11) is 0. The van der Waals surface area contributed by atoms with Gasteiger partial charge in [0.15, 0.2) is 0 Å². The number of nitrogens with zero attached hydrogens (tertiary/aromatic N) is 1. The molecule has 24 heavy (non-hydrogen) atoms. The Morgan fingerprint density at radius 1 is 1.42 bits per heavy atom. The molecule has 1 aromatic carbocycles. The highest BCUT2D eigenvalue weighted by molar-refractivity contribution is 5.78. The summed E-state index contributed by atoms with van der Waals surface area (Å²) >= 11 is 0. The molecule has 3 rings (SSSR count). The summed E-state index contributed by atoms with van der Waals surface area (Å²) in [5.74, 6) is 0.734. The number of benzene rings is 1. The Bertz CT molecular complexity index is 719. The Balaban J connectivity index is 1.64. The van der Waals surface area contributed by atoms with Crippen LogP contribution in [0.2, 0.25) is 0 Å². The van der Waals surface area contributed by atoms with Crippen molar-refractivity contribution in [2.75, 3.05) is 13.1 Å². The van der Waals surface area contributed by atoms with E-state index in [0.29, 0.717) is 24.1 Å². The van der Waals surface area contributed by atoms with Gasteiger partial charge in [0, 0.05) is 30.3 Å². The summed E-state index contributed by atoms with van der Waals surface area (Å²) < 4.78 is 18.9. The molecule has 0 spiro atoms. The molecule has 2 N–H and O–H groups in total. The number of hydrogen-bond acceptors (Lipinski definition) is 4. The fourth-order valence-electron chi connectivity index (χ4n) is 2.51. The van der Waals surface area contributed by atoms with E-state index in [9.17, 15) is 9.18 Å². The SMILES string of the molecule is CC(C(=O)NCc1cccnc1Oc1cccc(F)c1)C1CNC1. The molecule has 0 saturated carbocycles. The summed E-state index contributed by atoms with van der Waals surface area (Å²) in [6.07, 6.45) is 1.60. The molecule has 2 heterocycles. The van der Waals surface area contributed by atoms with Gasteiger partial charge in [-0.1, -0.05) is 19.1 Å². The van der Waals surface area contributed by atoms with Crippen molar-refractivity contribution in [3.8, 4) is 11.6 Å². The van der Waals surface area contributed by atoms with Crippen LogP contribution in [0.5, 0.6) is 11.6 Å². The topological polar surface area (TPSA) is 63.2 Å². The summed E-state index contributed by atoms with van der Waals surface area (Å²) in [6.45, 7) is 4.03. The third-order valence-electron chi connectivity index (χ3n) is 4.25. The van der Waals surface area contributed by atoms with E-state index in [1.807, 2.05) is 13.0 Å². The minimum Gasteiger partial charge on any atom is -0.439 e. The lowest BCUT2D eigenvalue weighted by Gasteiger charge is -2.31. The van der Waals surface area contributed by atoms with Crippen molar-refractivity contribution >= 4 is 5.91 Å². The van der Waals surface area contributed by atoms with Crippen LogP contribution in [-0.4, -0.2) is 24.0 Å². The van der Waals surface area contributed by atoms with Crippen LogP contribution in [0.4, 0.5) is 4.39 Å². The number of carbonyl (C=O) groups excluding carboxylic acids is 1. The van der Waals surface area contributed by atoms with Crippen LogP contribution in [0.15, 0.2) is 42.6 Å². The van der Waals surface area contributed by atoms with E-state index in [2.05, 4.69) is 15.6 Å². The van der Waals surface area contributed by atoms with Crippen LogP contribution in [0, 0.1) is 17.7 Å². The molecule has 1 aromatic heterocycles. The predicted octanol–water partition coefficient (Wildman–Crippen LogP) is 2.48. The molecule has 2 aromatic rings. The van der Waals surface area contributed by atoms with Gasteiger partial charge >= 0.3 is 0 Å². The van der Waals surface area contributed by atoms with Crippen LogP contribution < -0.4 is 15.4 Å². The maximum absolute atomic E-state index is 13.3. The highest BCUT2D eigenvalue weighted by Crippen LogP contribution is 2.23. The molecule has 1 aliphatic rings. The van der Waals surface area contributed by atoms with Crippen molar-refractivity contribution < 1.29 is 13.9 Å². The maximum atomic E-state index is 13.3.